The summed E-state index contributed by atoms with van der Waals surface area (Å²) in [5, 5.41) is 58.3. The van der Waals surface area contributed by atoms with E-state index in [1.807, 2.05) is 0 Å². The molecule has 0 aliphatic heterocycles. The van der Waals surface area contributed by atoms with Gasteiger partial charge in [0, 0.05) is 31.2 Å². The molecule has 26 nitrogen and oxygen atoms in total. The number of phenols is 1. The van der Waals surface area contributed by atoms with Gasteiger partial charge < -0.3 is 73.7 Å². The minimum Gasteiger partial charge on any atom is -0.508 e. The Morgan fingerprint density at radius 1 is 0.550 bits per heavy atom. The summed E-state index contributed by atoms with van der Waals surface area (Å²) in [6, 6.07) is 10.2. The number of thioether (sulfide) groups is 1. The largest absolute Gasteiger partial charge is 0.508 e. The number of amides is 8. The van der Waals surface area contributed by atoms with Crippen LogP contribution >= 0.6 is 11.8 Å². The van der Waals surface area contributed by atoms with Gasteiger partial charge in [0.2, 0.25) is 47.3 Å². The maximum Gasteiger partial charge on any atom is 0.326 e. The molecule has 27 heteroatoms. The van der Waals surface area contributed by atoms with Crippen molar-refractivity contribution in [2.24, 2.45) is 11.7 Å². The Hall–Kier alpha value is -8.85. The molecule has 430 valence electrons. The third-order valence-electron chi connectivity index (χ3n) is 12.1. The molecule has 1 aromatic heterocycles. The molecule has 0 bridgehead atoms. The number of hydrogen-bond acceptors (Lipinski definition) is 15. The van der Waals surface area contributed by atoms with Crippen molar-refractivity contribution in [3.63, 3.8) is 0 Å². The van der Waals surface area contributed by atoms with Crippen molar-refractivity contribution in [3.05, 3.63) is 120 Å². The van der Waals surface area contributed by atoms with E-state index >= 15 is 0 Å². The predicted octanol–water partition coefficient (Wildman–Crippen LogP) is -1.33. The maximum atomic E-state index is 14.6. The van der Waals surface area contributed by atoms with Crippen LogP contribution in [0.5, 0.6) is 5.75 Å². The van der Waals surface area contributed by atoms with Crippen LogP contribution in [0.4, 0.5) is 0 Å². The second-order valence-corrected chi connectivity index (χ2v) is 19.8. The molecule has 0 unspecified atom stereocenters. The summed E-state index contributed by atoms with van der Waals surface area (Å²) in [4.78, 5) is 153. The SMILES string of the molecule is CSCC[C@H](NC(=O)[C@H](CC(=O)O)NC(=O)[C@H](Cc1cnc[nH]1)NC(=O)[C@H](Cc1ccccc1)NC(=O)[C@H](Cc1ccccc1)NC(=O)[C@H](CC(=O)O)NC(=O)CNC(=O)[C@@H](N)Cc1ccc(O)cc1)C(=O)N[C@H](C(=O)O)C(C)C. The van der Waals surface area contributed by atoms with E-state index in [2.05, 4.69) is 52.5 Å². The molecule has 80 heavy (non-hydrogen) atoms. The van der Waals surface area contributed by atoms with Gasteiger partial charge >= 0.3 is 17.9 Å². The number of hydrogen-bond donors (Lipinski definition) is 14. The summed E-state index contributed by atoms with van der Waals surface area (Å²) in [5.41, 5.74) is 7.90. The van der Waals surface area contributed by atoms with Gasteiger partial charge in [0.1, 0.15) is 48.0 Å². The highest BCUT2D eigenvalue weighted by Crippen LogP contribution is 2.13. The zero-order valence-electron chi connectivity index (χ0n) is 44.0. The number of aromatic nitrogens is 2. The Kier molecular flexibility index (Phi) is 25.6. The van der Waals surface area contributed by atoms with Crippen LogP contribution in [0.2, 0.25) is 0 Å². The Labute approximate surface area is 464 Å². The zero-order valence-corrected chi connectivity index (χ0v) is 44.8. The number of imidazole rings is 1. The summed E-state index contributed by atoms with van der Waals surface area (Å²) >= 11 is 1.31. The summed E-state index contributed by atoms with van der Waals surface area (Å²) in [6.45, 7) is 2.40. The molecule has 4 rings (SSSR count). The van der Waals surface area contributed by atoms with Crippen molar-refractivity contribution in [1.29, 1.82) is 0 Å². The number of nitrogens with two attached hydrogens (primary N) is 1. The fraction of sp³-hybridized carbons (Fsp3) is 0.396. The maximum absolute atomic E-state index is 14.6. The van der Waals surface area contributed by atoms with Crippen LogP contribution in [-0.4, -0.2) is 162 Å². The number of rotatable bonds is 33. The lowest BCUT2D eigenvalue weighted by Crippen LogP contribution is -2.61. The molecule has 8 atom stereocenters. The molecule has 0 spiro atoms. The Balaban J connectivity index is 1.60. The predicted molar refractivity (Wildman–Crippen MR) is 289 cm³/mol. The Morgan fingerprint density at radius 3 is 1.44 bits per heavy atom. The van der Waals surface area contributed by atoms with E-state index in [1.54, 1.807) is 92.9 Å². The van der Waals surface area contributed by atoms with E-state index in [0.29, 0.717) is 22.4 Å². The van der Waals surface area contributed by atoms with Crippen LogP contribution in [0.15, 0.2) is 97.5 Å². The molecule has 0 aliphatic rings. The standard InChI is InChI=1S/C53H67N11O15S/c1-29(2)45(53(78)79)64-47(72)36(18-19-80-3)59-52(77)41(25-44(69)70)63-50(75)39(23-33-26-55-28-57-33)62-49(74)38(22-31-12-8-5-9-13-31)60-48(73)37(21-30-10-6-4-7-11-30)61-51(76)40(24-43(67)68)58-42(66)27-56-46(71)35(54)20-32-14-16-34(65)17-15-32/h4-17,26,28-29,35-41,45,65H,18-25,27,54H2,1-3H3,(H,55,57)(H,56,71)(H,58,66)(H,59,77)(H,60,73)(H,61,76)(H,62,74)(H,63,75)(H,64,72)(H,67,68)(H,69,70)(H,78,79)/t35-,36-,37-,38-,39-,40-,41-,45-/m0/s1. The third-order valence-corrected chi connectivity index (χ3v) is 12.8. The van der Waals surface area contributed by atoms with Gasteiger partial charge in [-0.05, 0) is 59.6 Å². The van der Waals surface area contributed by atoms with Gasteiger partial charge in [0.15, 0.2) is 0 Å². The van der Waals surface area contributed by atoms with Crippen molar-refractivity contribution in [3.8, 4) is 5.75 Å². The van der Waals surface area contributed by atoms with Crippen molar-refractivity contribution in [2.75, 3.05) is 18.6 Å². The molecule has 8 amide bonds. The number of aromatic hydroxyl groups is 1. The van der Waals surface area contributed by atoms with E-state index in [4.69, 9.17) is 5.73 Å². The zero-order chi connectivity index (χ0) is 58.9. The highest BCUT2D eigenvalue weighted by atomic mass is 32.2. The van der Waals surface area contributed by atoms with Crippen molar-refractivity contribution in [1.82, 2.24) is 52.5 Å². The molecule has 0 aliphatic carbocycles. The molecule has 0 fully saturated rings. The topological polar surface area (TPSA) is 420 Å². The number of phenolic OH excluding ortho intramolecular Hbond substituents is 1. The first-order valence-corrected chi connectivity index (χ1v) is 26.6. The summed E-state index contributed by atoms with van der Waals surface area (Å²) in [7, 11) is 0. The molecule has 0 saturated carbocycles. The number of carbonyl (C=O) groups excluding carboxylic acids is 8. The van der Waals surface area contributed by atoms with Crippen LogP contribution in [0.1, 0.15) is 55.5 Å². The highest BCUT2D eigenvalue weighted by Gasteiger charge is 2.36. The number of nitrogens with one attached hydrogen (secondary N) is 9. The van der Waals surface area contributed by atoms with Crippen LogP contribution in [0.3, 0.4) is 0 Å². The third kappa shape index (κ3) is 21.9. The number of carboxylic acid groups (broad SMARTS) is 3. The highest BCUT2D eigenvalue weighted by molar-refractivity contribution is 7.98. The number of aromatic amines is 1. The minimum absolute atomic E-state index is 0.0000310. The lowest BCUT2D eigenvalue weighted by Gasteiger charge is -2.28. The molecule has 0 saturated heterocycles. The van der Waals surface area contributed by atoms with Crippen LogP contribution in [0, 0.1) is 5.92 Å². The normalized spacial score (nSPS) is 14.0. The van der Waals surface area contributed by atoms with E-state index < -0.39 is 139 Å². The number of carboxylic acids is 3. The van der Waals surface area contributed by atoms with Gasteiger partial charge in [-0.2, -0.15) is 11.8 Å². The van der Waals surface area contributed by atoms with Crippen LogP contribution in [-0.2, 0) is 78.4 Å². The Bertz CT molecular complexity index is 2750. The number of carbonyl (C=O) groups is 11. The van der Waals surface area contributed by atoms with E-state index in [0.717, 1.165) is 0 Å². The summed E-state index contributed by atoms with van der Waals surface area (Å²) in [5.74, 6) is -12.6. The fourth-order valence-electron chi connectivity index (χ4n) is 7.87. The van der Waals surface area contributed by atoms with Crippen LogP contribution in [0.25, 0.3) is 0 Å². The molecule has 15 N–H and O–H groups in total. The molecule has 1 heterocycles. The number of benzene rings is 3. The molecule has 4 aromatic rings. The number of aliphatic carboxylic acids is 3. The first-order valence-electron chi connectivity index (χ1n) is 25.2. The van der Waals surface area contributed by atoms with Gasteiger partial charge in [-0.1, -0.05) is 86.6 Å². The fourth-order valence-corrected chi connectivity index (χ4v) is 8.34. The monoisotopic (exact) mass is 1130 g/mol. The molecular formula is C53H67N11O15S. The van der Waals surface area contributed by atoms with Gasteiger partial charge in [0.05, 0.1) is 31.8 Å². The lowest BCUT2D eigenvalue weighted by atomic mass is 10.0. The van der Waals surface area contributed by atoms with Crippen LogP contribution < -0.4 is 48.3 Å². The van der Waals surface area contributed by atoms with Gasteiger partial charge in [-0.15, -0.1) is 0 Å². The lowest BCUT2D eigenvalue weighted by molar-refractivity contribution is -0.144. The molecule has 3 aromatic carbocycles. The summed E-state index contributed by atoms with van der Waals surface area (Å²) in [6.07, 6.45) is 1.58. The minimum atomic E-state index is -1.86. The first-order chi connectivity index (χ1) is 38.0. The average Bonchev–Trinajstić information content (AvgIpc) is 3.95. The van der Waals surface area contributed by atoms with E-state index in [1.165, 1.54) is 36.4 Å². The quantitative estimate of drug-likeness (QED) is 0.0263. The van der Waals surface area contributed by atoms with Crippen molar-refractivity contribution in [2.45, 2.75) is 107 Å². The molecular weight excluding hydrogens is 1060 g/mol. The first kappa shape index (κ1) is 63.7. The van der Waals surface area contributed by atoms with Gasteiger partial charge in [-0.25, -0.2) is 9.78 Å². The number of H-pyrrole nitrogens is 1. The second-order valence-electron chi connectivity index (χ2n) is 18.8. The second kappa shape index (κ2) is 32.1. The number of nitrogens with zero attached hydrogens (tertiary/aromatic N) is 1. The van der Waals surface area contributed by atoms with E-state index in [-0.39, 0.29) is 43.5 Å². The summed E-state index contributed by atoms with van der Waals surface area (Å²) < 4.78 is 0. The molecule has 0 radical (unpaired) electrons. The van der Waals surface area contributed by atoms with E-state index in [9.17, 15) is 73.2 Å². The smallest absolute Gasteiger partial charge is 0.326 e. The van der Waals surface area contributed by atoms with Crippen molar-refractivity contribution >= 4 is 76.9 Å². The average molecular weight is 1130 g/mol. The van der Waals surface area contributed by atoms with Crippen molar-refractivity contribution < 1.29 is 73.2 Å². The Morgan fingerprint density at radius 2 is 0.988 bits per heavy atom. The van der Waals surface area contributed by atoms with Gasteiger partial charge in [-0.3, -0.25) is 47.9 Å². The van der Waals surface area contributed by atoms with Gasteiger partial charge in [0.25, 0.3) is 0 Å².